The van der Waals surface area contributed by atoms with Crippen molar-refractivity contribution in [3.63, 3.8) is 0 Å². The SMILES string of the molecule is COc1ccccc1OCCC(=O)Nc1ccc(C(C)(C)C)cc1. The van der Waals surface area contributed by atoms with Gasteiger partial charge in [0.1, 0.15) is 0 Å². The van der Waals surface area contributed by atoms with Crippen molar-refractivity contribution in [2.24, 2.45) is 0 Å². The Labute approximate surface area is 143 Å². The van der Waals surface area contributed by atoms with Gasteiger partial charge in [-0.1, -0.05) is 45.0 Å². The van der Waals surface area contributed by atoms with E-state index in [1.807, 2.05) is 48.5 Å². The molecule has 2 aromatic carbocycles. The van der Waals surface area contributed by atoms with Gasteiger partial charge in [0, 0.05) is 5.69 Å². The zero-order chi connectivity index (χ0) is 17.6. The fraction of sp³-hybridized carbons (Fsp3) is 0.350. The minimum absolute atomic E-state index is 0.0755. The number of anilines is 1. The molecule has 0 heterocycles. The molecule has 0 aliphatic heterocycles. The number of hydrogen-bond donors (Lipinski definition) is 1. The largest absolute Gasteiger partial charge is 0.493 e. The topological polar surface area (TPSA) is 47.6 Å². The lowest BCUT2D eigenvalue weighted by Crippen LogP contribution is -2.16. The van der Waals surface area contributed by atoms with Crippen molar-refractivity contribution < 1.29 is 14.3 Å². The number of para-hydroxylation sites is 2. The molecule has 0 radical (unpaired) electrons. The molecule has 0 aromatic heterocycles. The van der Waals surface area contributed by atoms with Crippen molar-refractivity contribution >= 4 is 11.6 Å². The molecule has 0 aliphatic carbocycles. The van der Waals surface area contributed by atoms with Crippen molar-refractivity contribution in [1.82, 2.24) is 0 Å². The summed E-state index contributed by atoms with van der Waals surface area (Å²) in [5.74, 6) is 1.23. The van der Waals surface area contributed by atoms with Crippen molar-refractivity contribution in [1.29, 1.82) is 0 Å². The van der Waals surface area contributed by atoms with Gasteiger partial charge in [-0.25, -0.2) is 0 Å². The van der Waals surface area contributed by atoms with E-state index >= 15 is 0 Å². The predicted octanol–water partition coefficient (Wildman–Crippen LogP) is 4.40. The molecule has 24 heavy (non-hydrogen) atoms. The second-order valence-corrected chi connectivity index (χ2v) is 6.62. The molecule has 0 spiro atoms. The molecule has 0 atom stereocenters. The van der Waals surface area contributed by atoms with Gasteiger partial charge in [-0.15, -0.1) is 0 Å². The maximum atomic E-state index is 12.0. The molecule has 0 aliphatic rings. The van der Waals surface area contributed by atoms with E-state index in [0.29, 0.717) is 18.1 Å². The van der Waals surface area contributed by atoms with E-state index in [-0.39, 0.29) is 17.7 Å². The van der Waals surface area contributed by atoms with Crippen molar-refractivity contribution in [3.05, 3.63) is 54.1 Å². The summed E-state index contributed by atoms with van der Waals surface area (Å²) in [4.78, 5) is 12.0. The van der Waals surface area contributed by atoms with E-state index < -0.39 is 0 Å². The van der Waals surface area contributed by atoms with Crippen LogP contribution in [0.3, 0.4) is 0 Å². The second kappa shape index (κ2) is 7.86. The predicted molar refractivity (Wildman–Crippen MR) is 96.9 cm³/mol. The molecule has 2 aromatic rings. The van der Waals surface area contributed by atoms with E-state index in [1.165, 1.54) is 5.56 Å². The smallest absolute Gasteiger partial charge is 0.227 e. The normalized spacial score (nSPS) is 11.0. The monoisotopic (exact) mass is 327 g/mol. The number of nitrogens with one attached hydrogen (secondary N) is 1. The molecule has 0 saturated carbocycles. The van der Waals surface area contributed by atoms with Gasteiger partial charge in [-0.3, -0.25) is 4.79 Å². The third kappa shape index (κ3) is 5.01. The Morgan fingerprint density at radius 1 is 1.00 bits per heavy atom. The molecular weight excluding hydrogens is 302 g/mol. The number of benzene rings is 2. The Morgan fingerprint density at radius 2 is 1.62 bits per heavy atom. The first-order valence-corrected chi connectivity index (χ1v) is 8.06. The lowest BCUT2D eigenvalue weighted by atomic mass is 9.87. The molecule has 0 fully saturated rings. The Balaban J connectivity index is 1.83. The van der Waals surface area contributed by atoms with E-state index in [4.69, 9.17) is 9.47 Å². The number of carbonyl (C=O) groups is 1. The van der Waals surface area contributed by atoms with Crippen molar-refractivity contribution in [2.75, 3.05) is 19.0 Å². The summed E-state index contributed by atoms with van der Waals surface area (Å²) >= 11 is 0. The Hall–Kier alpha value is -2.49. The molecule has 1 N–H and O–H groups in total. The molecule has 1 amide bonds. The van der Waals surface area contributed by atoms with E-state index in [0.717, 1.165) is 5.69 Å². The first-order valence-electron chi connectivity index (χ1n) is 8.06. The molecule has 2 rings (SSSR count). The van der Waals surface area contributed by atoms with Crippen LogP contribution in [0, 0.1) is 0 Å². The fourth-order valence-electron chi connectivity index (χ4n) is 2.27. The highest BCUT2D eigenvalue weighted by atomic mass is 16.5. The highest BCUT2D eigenvalue weighted by Gasteiger charge is 2.13. The van der Waals surface area contributed by atoms with Gasteiger partial charge in [0.15, 0.2) is 11.5 Å². The molecular formula is C20H25NO3. The zero-order valence-electron chi connectivity index (χ0n) is 14.8. The standard InChI is InChI=1S/C20H25NO3/c1-20(2,3)15-9-11-16(12-10-15)21-19(22)13-14-24-18-8-6-5-7-17(18)23-4/h5-12H,13-14H2,1-4H3,(H,21,22). The molecule has 0 unspecified atom stereocenters. The van der Waals surface area contributed by atoms with Crippen molar-refractivity contribution in [2.45, 2.75) is 32.6 Å². The van der Waals surface area contributed by atoms with Crippen LogP contribution >= 0.6 is 0 Å². The van der Waals surface area contributed by atoms with Crippen LogP contribution in [0.15, 0.2) is 48.5 Å². The van der Waals surface area contributed by atoms with Gasteiger partial charge in [0.05, 0.1) is 20.1 Å². The quantitative estimate of drug-likeness (QED) is 0.855. The van der Waals surface area contributed by atoms with Crippen LogP contribution in [-0.2, 0) is 10.2 Å². The van der Waals surface area contributed by atoms with E-state index in [9.17, 15) is 4.79 Å². The van der Waals surface area contributed by atoms with Gasteiger partial charge >= 0.3 is 0 Å². The summed E-state index contributed by atoms with van der Waals surface area (Å²) in [6, 6.07) is 15.3. The van der Waals surface area contributed by atoms with Crippen LogP contribution in [0.1, 0.15) is 32.8 Å². The average molecular weight is 327 g/mol. The van der Waals surface area contributed by atoms with Gasteiger partial charge in [-0.05, 0) is 35.2 Å². The maximum Gasteiger partial charge on any atom is 0.227 e. The van der Waals surface area contributed by atoms with Crippen molar-refractivity contribution in [3.8, 4) is 11.5 Å². The van der Waals surface area contributed by atoms with Gasteiger partial charge < -0.3 is 14.8 Å². The van der Waals surface area contributed by atoms with Gasteiger partial charge in [0.2, 0.25) is 5.91 Å². The Morgan fingerprint density at radius 3 is 2.21 bits per heavy atom. The van der Waals surface area contributed by atoms with Crippen LogP contribution in [0.5, 0.6) is 11.5 Å². The van der Waals surface area contributed by atoms with Gasteiger partial charge in [0.25, 0.3) is 0 Å². The first-order chi connectivity index (χ1) is 11.4. The summed E-state index contributed by atoms with van der Waals surface area (Å²) in [6.07, 6.45) is 0.277. The summed E-state index contributed by atoms with van der Waals surface area (Å²) in [5, 5.41) is 2.89. The van der Waals surface area contributed by atoms with Crippen LogP contribution in [0.4, 0.5) is 5.69 Å². The van der Waals surface area contributed by atoms with Gasteiger partial charge in [-0.2, -0.15) is 0 Å². The highest BCUT2D eigenvalue weighted by molar-refractivity contribution is 5.90. The first kappa shape index (κ1) is 17.9. The van der Waals surface area contributed by atoms with E-state index in [2.05, 4.69) is 26.1 Å². The Kier molecular flexibility index (Phi) is 5.85. The second-order valence-electron chi connectivity index (χ2n) is 6.62. The summed E-state index contributed by atoms with van der Waals surface area (Å²) in [5.41, 5.74) is 2.13. The number of ether oxygens (including phenoxy) is 2. The van der Waals surface area contributed by atoms with E-state index in [1.54, 1.807) is 7.11 Å². The molecule has 0 bridgehead atoms. The van der Waals surface area contributed by atoms with Crippen LogP contribution in [-0.4, -0.2) is 19.6 Å². The number of hydrogen-bond acceptors (Lipinski definition) is 3. The number of methoxy groups -OCH3 is 1. The van der Waals surface area contributed by atoms with Crippen LogP contribution in [0.25, 0.3) is 0 Å². The maximum absolute atomic E-state index is 12.0. The average Bonchev–Trinajstić information content (AvgIpc) is 2.55. The summed E-state index contributed by atoms with van der Waals surface area (Å²) < 4.78 is 10.8. The highest BCUT2D eigenvalue weighted by Crippen LogP contribution is 2.26. The molecule has 4 heteroatoms. The molecule has 4 nitrogen and oxygen atoms in total. The lowest BCUT2D eigenvalue weighted by Gasteiger charge is -2.19. The number of rotatable bonds is 6. The summed E-state index contributed by atoms with van der Waals surface area (Å²) in [7, 11) is 1.59. The Bertz CT molecular complexity index is 672. The lowest BCUT2D eigenvalue weighted by molar-refractivity contribution is -0.116. The third-order valence-electron chi connectivity index (χ3n) is 3.69. The summed E-state index contributed by atoms with van der Waals surface area (Å²) in [6.45, 7) is 6.79. The number of carbonyl (C=O) groups excluding carboxylic acids is 1. The zero-order valence-corrected chi connectivity index (χ0v) is 14.8. The van der Waals surface area contributed by atoms with Crippen LogP contribution in [0.2, 0.25) is 0 Å². The third-order valence-corrected chi connectivity index (χ3v) is 3.69. The molecule has 128 valence electrons. The fourth-order valence-corrected chi connectivity index (χ4v) is 2.27. The molecule has 0 saturated heterocycles. The minimum Gasteiger partial charge on any atom is -0.493 e. The minimum atomic E-state index is -0.0755. The van der Waals surface area contributed by atoms with Crippen LogP contribution < -0.4 is 14.8 Å². The number of amides is 1.